The Morgan fingerprint density at radius 2 is 1.75 bits per heavy atom. The summed E-state index contributed by atoms with van der Waals surface area (Å²) in [4.78, 5) is 14.8. The van der Waals surface area contributed by atoms with Crippen molar-refractivity contribution in [3.8, 4) is 0 Å². The topological polar surface area (TPSA) is 41.6 Å². The van der Waals surface area contributed by atoms with Crippen LogP contribution in [0.3, 0.4) is 0 Å². The number of carbonyl (C=O) groups is 1. The second kappa shape index (κ2) is 7.60. The van der Waals surface area contributed by atoms with Crippen molar-refractivity contribution in [2.75, 3.05) is 31.6 Å². The van der Waals surface area contributed by atoms with Gasteiger partial charge in [0.2, 0.25) is 0 Å². The Kier molecular flexibility index (Phi) is 5.28. The molecule has 1 aliphatic rings. The molecular weight excluding hydrogens is 300 g/mol. The van der Waals surface area contributed by atoms with Gasteiger partial charge >= 0.3 is 0 Å². The summed E-state index contributed by atoms with van der Waals surface area (Å²) < 4.78 is 5.41. The lowest BCUT2D eigenvalue weighted by Crippen LogP contribution is -2.37. The lowest BCUT2D eigenvalue weighted by atomic mass is 10.1. The van der Waals surface area contributed by atoms with Gasteiger partial charge in [0.25, 0.3) is 5.91 Å². The average molecular weight is 324 g/mol. The SMILES string of the molecule is Cc1ccccc1C(=O)Nc1ccc([C@@H](C)N2CCOCC2)cc1. The Morgan fingerprint density at radius 3 is 2.42 bits per heavy atom. The zero-order chi connectivity index (χ0) is 16.9. The Balaban J connectivity index is 1.66. The molecule has 1 aliphatic heterocycles. The van der Waals surface area contributed by atoms with E-state index in [9.17, 15) is 4.79 Å². The molecule has 0 radical (unpaired) electrons. The Hall–Kier alpha value is -2.17. The van der Waals surface area contributed by atoms with E-state index in [4.69, 9.17) is 4.74 Å². The van der Waals surface area contributed by atoms with Crippen molar-refractivity contribution >= 4 is 11.6 Å². The van der Waals surface area contributed by atoms with Gasteiger partial charge in [0.15, 0.2) is 0 Å². The smallest absolute Gasteiger partial charge is 0.255 e. The lowest BCUT2D eigenvalue weighted by Gasteiger charge is -2.32. The number of hydrogen-bond donors (Lipinski definition) is 1. The summed E-state index contributed by atoms with van der Waals surface area (Å²) in [5.74, 6) is -0.0675. The summed E-state index contributed by atoms with van der Waals surface area (Å²) in [6, 6.07) is 16.1. The molecule has 1 N–H and O–H groups in total. The number of rotatable bonds is 4. The number of nitrogens with one attached hydrogen (secondary N) is 1. The molecule has 1 atom stereocenters. The van der Waals surface area contributed by atoms with Crippen LogP contribution >= 0.6 is 0 Å². The minimum Gasteiger partial charge on any atom is -0.379 e. The number of hydrogen-bond acceptors (Lipinski definition) is 3. The van der Waals surface area contributed by atoms with Crippen molar-refractivity contribution in [3.05, 3.63) is 65.2 Å². The van der Waals surface area contributed by atoms with Gasteiger partial charge in [-0.1, -0.05) is 30.3 Å². The Labute approximate surface area is 143 Å². The van der Waals surface area contributed by atoms with Crippen LogP contribution in [0.1, 0.15) is 34.5 Å². The fraction of sp³-hybridized carbons (Fsp3) is 0.350. The van der Waals surface area contributed by atoms with Crippen molar-refractivity contribution in [2.45, 2.75) is 19.9 Å². The Morgan fingerprint density at radius 1 is 1.08 bits per heavy atom. The first kappa shape index (κ1) is 16.7. The predicted molar refractivity (Wildman–Crippen MR) is 96.4 cm³/mol. The third-order valence-corrected chi connectivity index (χ3v) is 4.63. The predicted octanol–water partition coefficient (Wildman–Crippen LogP) is 3.64. The minimum atomic E-state index is -0.0675. The molecule has 0 saturated carbocycles. The molecule has 4 heteroatoms. The molecule has 4 nitrogen and oxygen atoms in total. The molecule has 0 aliphatic carbocycles. The molecule has 1 amide bonds. The second-order valence-corrected chi connectivity index (χ2v) is 6.22. The quantitative estimate of drug-likeness (QED) is 0.933. The fourth-order valence-electron chi connectivity index (χ4n) is 3.05. The first-order valence-corrected chi connectivity index (χ1v) is 8.44. The number of benzene rings is 2. The van der Waals surface area contributed by atoms with E-state index in [1.807, 2.05) is 43.3 Å². The highest BCUT2D eigenvalue weighted by Crippen LogP contribution is 2.23. The van der Waals surface area contributed by atoms with Crippen molar-refractivity contribution in [1.82, 2.24) is 4.90 Å². The summed E-state index contributed by atoms with van der Waals surface area (Å²) >= 11 is 0. The van der Waals surface area contributed by atoms with E-state index in [1.165, 1.54) is 5.56 Å². The van der Waals surface area contributed by atoms with Crippen LogP contribution in [0.5, 0.6) is 0 Å². The second-order valence-electron chi connectivity index (χ2n) is 6.22. The number of anilines is 1. The summed E-state index contributed by atoms with van der Waals surface area (Å²) in [6.07, 6.45) is 0. The molecule has 2 aromatic rings. The van der Waals surface area contributed by atoms with E-state index >= 15 is 0 Å². The van der Waals surface area contributed by atoms with E-state index in [-0.39, 0.29) is 5.91 Å². The maximum atomic E-state index is 12.4. The van der Waals surface area contributed by atoms with Crippen molar-refractivity contribution in [2.24, 2.45) is 0 Å². The summed E-state index contributed by atoms with van der Waals surface area (Å²) in [5.41, 5.74) is 3.77. The number of aryl methyl sites for hydroxylation is 1. The van der Waals surface area contributed by atoms with Gasteiger partial charge in [0, 0.05) is 30.4 Å². The molecule has 126 valence electrons. The van der Waals surface area contributed by atoms with E-state index in [1.54, 1.807) is 0 Å². The molecule has 0 bridgehead atoms. The standard InChI is InChI=1S/C20H24N2O2/c1-15-5-3-4-6-19(15)20(23)21-18-9-7-17(8-10-18)16(2)22-11-13-24-14-12-22/h3-10,16H,11-14H2,1-2H3,(H,21,23)/t16-/m1/s1. The number of carbonyl (C=O) groups excluding carboxylic acids is 1. The maximum absolute atomic E-state index is 12.4. The molecule has 1 heterocycles. The monoisotopic (exact) mass is 324 g/mol. The normalized spacial score (nSPS) is 16.6. The van der Waals surface area contributed by atoms with E-state index < -0.39 is 0 Å². The zero-order valence-corrected chi connectivity index (χ0v) is 14.3. The molecule has 1 fully saturated rings. The minimum absolute atomic E-state index is 0.0675. The number of amides is 1. The van der Waals surface area contributed by atoms with Crippen molar-refractivity contribution < 1.29 is 9.53 Å². The first-order chi connectivity index (χ1) is 11.6. The molecule has 0 aromatic heterocycles. The first-order valence-electron chi connectivity index (χ1n) is 8.44. The highest BCUT2D eigenvalue weighted by Gasteiger charge is 2.18. The van der Waals surface area contributed by atoms with E-state index in [2.05, 4.69) is 29.3 Å². The lowest BCUT2D eigenvalue weighted by molar-refractivity contribution is 0.0198. The number of nitrogens with zero attached hydrogens (tertiary/aromatic N) is 1. The van der Waals surface area contributed by atoms with Gasteiger partial charge < -0.3 is 10.1 Å². The van der Waals surface area contributed by atoms with Gasteiger partial charge in [-0.15, -0.1) is 0 Å². The largest absolute Gasteiger partial charge is 0.379 e. The third kappa shape index (κ3) is 3.83. The van der Waals surface area contributed by atoms with Crippen LogP contribution in [0.15, 0.2) is 48.5 Å². The summed E-state index contributed by atoms with van der Waals surface area (Å²) in [5, 5.41) is 2.97. The maximum Gasteiger partial charge on any atom is 0.255 e. The van der Waals surface area contributed by atoms with Gasteiger partial charge in [-0.25, -0.2) is 0 Å². The van der Waals surface area contributed by atoms with Crippen molar-refractivity contribution in [1.29, 1.82) is 0 Å². The van der Waals surface area contributed by atoms with Crippen LogP contribution in [0.2, 0.25) is 0 Å². The van der Waals surface area contributed by atoms with Crippen LogP contribution in [0.4, 0.5) is 5.69 Å². The van der Waals surface area contributed by atoms with Crippen LogP contribution in [0, 0.1) is 6.92 Å². The molecule has 1 saturated heterocycles. The number of ether oxygens (including phenoxy) is 1. The van der Waals surface area contributed by atoms with Gasteiger partial charge in [0.05, 0.1) is 13.2 Å². The number of morpholine rings is 1. The van der Waals surface area contributed by atoms with Crippen LogP contribution < -0.4 is 5.32 Å². The van der Waals surface area contributed by atoms with Crippen LogP contribution in [-0.2, 0) is 4.74 Å². The van der Waals surface area contributed by atoms with Crippen LogP contribution in [0.25, 0.3) is 0 Å². The van der Waals surface area contributed by atoms with Gasteiger partial charge in [-0.3, -0.25) is 9.69 Å². The molecule has 24 heavy (non-hydrogen) atoms. The van der Waals surface area contributed by atoms with E-state index in [0.29, 0.717) is 11.6 Å². The zero-order valence-electron chi connectivity index (χ0n) is 14.3. The molecule has 3 rings (SSSR count). The van der Waals surface area contributed by atoms with Crippen LogP contribution in [-0.4, -0.2) is 37.1 Å². The van der Waals surface area contributed by atoms with E-state index in [0.717, 1.165) is 37.6 Å². The fourth-order valence-corrected chi connectivity index (χ4v) is 3.05. The van der Waals surface area contributed by atoms with Crippen molar-refractivity contribution in [3.63, 3.8) is 0 Å². The molecule has 0 unspecified atom stereocenters. The van der Waals surface area contributed by atoms with Gasteiger partial charge in [0.1, 0.15) is 0 Å². The average Bonchev–Trinajstić information content (AvgIpc) is 2.63. The molecule has 2 aromatic carbocycles. The molecule has 0 spiro atoms. The molecular formula is C20H24N2O2. The summed E-state index contributed by atoms with van der Waals surface area (Å²) in [7, 11) is 0. The Bertz CT molecular complexity index is 691. The van der Waals surface area contributed by atoms with Gasteiger partial charge in [-0.2, -0.15) is 0 Å². The summed E-state index contributed by atoms with van der Waals surface area (Å²) in [6.45, 7) is 7.69. The van der Waals surface area contributed by atoms with Gasteiger partial charge in [-0.05, 0) is 43.2 Å². The highest BCUT2D eigenvalue weighted by atomic mass is 16.5. The third-order valence-electron chi connectivity index (χ3n) is 4.63. The highest BCUT2D eigenvalue weighted by molar-refractivity contribution is 6.05.